The summed E-state index contributed by atoms with van der Waals surface area (Å²) in [6.45, 7) is 0. The lowest BCUT2D eigenvalue weighted by atomic mass is 10.3. The first-order valence-electron chi connectivity index (χ1n) is 5.16. The predicted octanol–water partition coefficient (Wildman–Crippen LogP) is 4.43. The van der Waals surface area contributed by atoms with E-state index in [9.17, 15) is 13.2 Å². The first-order chi connectivity index (χ1) is 9.35. The molecular formula is C11H6Cl2F3N3O. The second-order valence-corrected chi connectivity index (χ2v) is 4.29. The van der Waals surface area contributed by atoms with Crippen molar-refractivity contribution in [1.82, 2.24) is 10.2 Å². The summed E-state index contributed by atoms with van der Waals surface area (Å²) in [6, 6.07) is 6.84. The van der Waals surface area contributed by atoms with E-state index in [-0.39, 0.29) is 21.7 Å². The van der Waals surface area contributed by atoms with Crippen LogP contribution in [0.3, 0.4) is 0 Å². The predicted molar refractivity (Wildman–Crippen MR) is 68.5 cm³/mol. The fourth-order valence-corrected chi connectivity index (χ4v) is 1.66. The molecule has 2 rings (SSSR count). The Morgan fingerprint density at radius 1 is 1.05 bits per heavy atom. The van der Waals surface area contributed by atoms with E-state index in [1.54, 1.807) is 0 Å². The maximum atomic E-state index is 12.3. The lowest BCUT2D eigenvalue weighted by molar-refractivity contribution is -0.274. The summed E-state index contributed by atoms with van der Waals surface area (Å²) in [6.07, 6.45) is -4.80. The Kier molecular flexibility index (Phi) is 4.20. The van der Waals surface area contributed by atoms with E-state index in [0.29, 0.717) is 0 Å². The van der Waals surface area contributed by atoms with Crippen LogP contribution < -0.4 is 10.1 Å². The standard InChI is InChI=1S/C11H6Cl2F3N3O/c12-9-5-7(10(13)19-18-9)17-6-3-1-2-4-8(6)20-11(14,15)16/h1-5H,(H,17,18). The van der Waals surface area contributed by atoms with E-state index in [4.69, 9.17) is 23.2 Å². The van der Waals surface area contributed by atoms with Crippen LogP contribution in [0.4, 0.5) is 24.5 Å². The van der Waals surface area contributed by atoms with Crippen molar-refractivity contribution in [1.29, 1.82) is 0 Å². The minimum atomic E-state index is -4.80. The summed E-state index contributed by atoms with van der Waals surface area (Å²) in [5.74, 6) is -0.399. The normalized spacial score (nSPS) is 11.2. The molecule has 0 fully saturated rings. The molecule has 0 radical (unpaired) electrons. The second-order valence-electron chi connectivity index (χ2n) is 3.54. The van der Waals surface area contributed by atoms with Crippen LogP contribution in [0.25, 0.3) is 0 Å². The van der Waals surface area contributed by atoms with Gasteiger partial charge in [0, 0.05) is 6.07 Å². The van der Waals surface area contributed by atoms with Gasteiger partial charge >= 0.3 is 6.36 Å². The summed E-state index contributed by atoms with van der Waals surface area (Å²) in [5.41, 5.74) is 0.278. The molecular weight excluding hydrogens is 318 g/mol. The van der Waals surface area contributed by atoms with Gasteiger partial charge in [-0.05, 0) is 12.1 Å². The summed E-state index contributed by atoms with van der Waals surface area (Å²) in [5, 5.41) is 9.71. The number of anilines is 2. The molecule has 1 aromatic heterocycles. The van der Waals surface area contributed by atoms with Gasteiger partial charge in [-0.1, -0.05) is 35.3 Å². The van der Waals surface area contributed by atoms with Crippen molar-refractivity contribution in [3.05, 3.63) is 40.6 Å². The maximum Gasteiger partial charge on any atom is 0.573 e. The smallest absolute Gasteiger partial charge is 0.404 e. The van der Waals surface area contributed by atoms with E-state index >= 15 is 0 Å². The van der Waals surface area contributed by atoms with Crippen LogP contribution in [-0.4, -0.2) is 16.6 Å². The van der Waals surface area contributed by atoms with Crippen LogP contribution in [0.15, 0.2) is 30.3 Å². The molecule has 106 valence electrons. The van der Waals surface area contributed by atoms with Gasteiger partial charge in [-0.2, -0.15) is 0 Å². The largest absolute Gasteiger partial charge is 0.573 e. The number of benzene rings is 1. The van der Waals surface area contributed by atoms with Gasteiger partial charge in [0.15, 0.2) is 16.1 Å². The summed E-state index contributed by atoms with van der Waals surface area (Å²) in [7, 11) is 0. The van der Waals surface area contributed by atoms with Gasteiger partial charge in [-0.15, -0.1) is 23.4 Å². The highest BCUT2D eigenvalue weighted by atomic mass is 35.5. The fourth-order valence-electron chi connectivity index (χ4n) is 1.37. The number of alkyl halides is 3. The highest BCUT2D eigenvalue weighted by Crippen LogP contribution is 2.33. The van der Waals surface area contributed by atoms with Crippen molar-refractivity contribution < 1.29 is 17.9 Å². The van der Waals surface area contributed by atoms with Crippen LogP contribution >= 0.6 is 23.2 Å². The Morgan fingerprint density at radius 3 is 2.45 bits per heavy atom. The van der Waals surface area contributed by atoms with Crippen molar-refractivity contribution in [3.8, 4) is 5.75 Å². The lowest BCUT2D eigenvalue weighted by Crippen LogP contribution is -2.17. The number of ether oxygens (including phenoxy) is 1. The molecule has 2 aromatic rings. The highest BCUT2D eigenvalue weighted by Gasteiger charge is 2.32. The molecule has 0 saturated carbocycles. The molecule has 4 nitrogen and oxygen atoms in total. The summed E-state index contributed by atoms with van der Waals surface area (Å²) in [4.78, 5) is 0. The topological polar surface area (TPSA) is 47.0 Å². The number of halogens is 5. The molecule has 1 heterocycles. The average Bonchev–Trinajstić information content (AvgIpc) is 2.34. The van der Waals surface area contributed by atoms with Gasteiger partial charge in [0.2, 0.25) is 0 Å². The van der Waals surface area contributed by atoms with Gasteiger partial charge in [0.1, 0.15) is 0 Å². The van der Waals surface area contributed by atoms with Crippen LogP contribution in [-0.2, 0) is 0 Å². The molecule has 0 unspecified atom stereocenters. The van der Waals surface area contributed by atoms with Crippen molar-refractivity contribution in [3.63, 3.8) is 0 Å². The van der Waals surface area contributed by atoms with Crippen LogP contribution in [0, 0.1) is 0 Å². The first-order valence-corrected chi connectivity index (χ1v) is 5.91. The fraction of sp³-hybridized carbons (Fsp3) is 0.0909. The Hall–Kier alpha value is -1.73. The Bertz CT molecular complexity index is 622. The van der Waals surface area contributed by atoms with Crippen molar-refractivity contribution in [2.75, 3.05) is 5.32 Å². The molecule has 0 saturated heterocycles. The lowest BCUT2D eigenvalue weighted by Gasteiger charge is -2.14. The second kappa shape index (κ2) is 5.72. The molecule has 0 aliphatic carbocycles. The van der Waals surface area contributed by atoms with Crippen molar-refractivity contribution in [2.45, 2.75) is 6.36 Å². The minimum Gasteiger partial charge on any atom is -0.404 e. The monoisotopic (exact) mass is 323 g/mol. The third-order valence-corrected chi connectivity index (χ3v) is 2.56. The number of para-hydroxylation sites is 2. The highest BCUT2D eigenvalue weighted by molar-refractivity contribution is 6.33. The molecule has 1 aromatic carbocycles. The molecule has 1 N–H and O–H groups in total. The molecule has 0 atom stereocenters. The van der Waals surface area contributed by atoms with Gasteiger partial charge in [0.05, 0.1) is 11.4 Å². The number of nitrogens with one attached hydrogen (secondary N) is 1. The number of aromatic nitrogens is 2. The van der Waals surface area contributed by atoms with E-state index in [1.807, 2.05) is 0 Å². The van der Waals surface area contributed by atoms with E-state index in [0.717, 1.165) is 0 Å². The maximum absolute atomic E-state index is 12.3. The minimum absolute atomic E-state index is 0.0313. The quantitative estimate of drug-likeness (QED) is 0.907. The zero-order valence-corrected chi connectivity index (χ0v) is 11.1. The molecule has 0 aliphatic rings. The number of hydrogen-bond donors (Lipinski definition) is 1. The van der Waals surface area contributed by atoms with E-state index in [2.05, 4.69) is 20.3 Å². The van der Waals surface area contributed by atoms with E-state index in [1.165, 1.54) is 30.3 Å². The third kappa shape index (κ3) is 3.88. The van der Waals surface area contributed by atoms with Gasteiger partial charge in [0.25, 0.3) is 0 Å². The van der Waals surface area contributed by atoms with Gasteiger partial charge < -0.3 is 10.1 Å². The Morgan fingerprint density at radius 2 is 1.75 bits per heavy atom. The Labute approximate surface area is 121 Å². The molecule has 9 heteroatoms. The number of nitrogens with zero attached hydrogens (tertiary/aromatic N) is 2. The molecule has 0 amide bonds. The Balaban J connectivity index is 2.32. The molecule has 0 bridgehead atoms. The zero-order chi connectivity index (χ0) is 14.8. The van der Waals surface area contributed by atoms with E-state index < -0.39 is 12.1 Å². The summed E-state index contributed by atoms with van der Waals surface area (Å²) >= 11 is 11.4. The van der Waals surface area contributed by atoms with Crippen LogP contribution in [0.2, 0.25) is 10.3 Å². The average molecular weight is 324 g/mol. The SMILES string of the molecule is FC(F)(F)Oc1ccccc1Nc1cc(Cl)nnc1Cl. The van der Waals surface area contributed by atoms with Gasteiger partial charge in [-0.3, -0.25) is 0 Å². The van der Waals surface area contributed by atoms with Crippen LogP contribution in [0.1, 0.15) is 0 Å². The van der Waals surface area contributed by atoms with Crippen LogP contribution in [0.5, 0.6) is 5.75 Å². The third-order valence-electron chi connectivity index (χ3n) is 2.10. The first kappa shape index (κ1) is 14.7. The molecule has 0 spiro atoms. The van der Waals surface area contributed by atoms with Crippen molar-refractivity contribution >= 4 is 34.6 Å². The van der Waals surface area contributed by atoms with Crippen molar-refractivity contribution in [2.24, 2.45) is 0 Å². The van der Waals surface area contributed by atoms with Gasteiger partial charge in [-0.25, -0.2) is 0 Å². The molecule has 0 aliphatic heterocycles. The number of rotatable bonds is 3. The summed E-state index contributed by atoms with van der Waals surface area (Å²) < 4.78 is 40.8. The number of hydrogen-bond acceptors (Lipinski definition) is 4. The zero-order valence-electron chi connectivity index (χ0n) is 9.58. The molecule has 20 heavy (non-hydrogen) atoms.